The van der Waals surface area contributed by atoms with Crippen molar-refractivity contribution in [1.29, 1.82) is 0 Å². The Kier molecular flexibility index (Phi) is 4.43. The molecule has 0 amide bonds. The van der Waals surface area contributed by atoms with Gasteiger partial charge in [-0.1, -0.05) is 24.3 Å². The molecule has 0 radical (unpaired) electrons. The predicted octanol–water partition coefficient (Wildman–Crippen LogP) is 4.70. The molecule has 2 atom stereocenters. The first kappa shape index (κ1) is 18.8. The Bertz CT molecular complexity index is 1410. The summed E-state index contributed by atoms with van der Waals surface area (Å²) >= 11 is 5.13. The van der Waals surface area contributed by atoms with Gasteiger partial charge in [-0.2, -0.15) is 5.10 Å². The fourth-order valence-corrected chi connectivity index (χ4v) is 5.05. The summed E-state index contributed by atoms with van der Waals surface area (Å²) in [5.41, 5.74) is 2.61. The summed E-state index contributed by atoms with van der Waals surface area (Å²) in [6.07, 6.45) is 6.33. The molecular formula is C23H22N4O3S. The normalized spacial score (nSPS) is 21.2. The van der Waals surface area contributed by atoms with Crippen LogP contribution in [0.2, 0.25) is 0 Å². The van der Waals surface area contributed by atoms with Crippen LogP contribution in [0.3, 0.4) is 0 Å². The molecule has 2 unspecified atom stereocenters. The summed E-state index contributed by atoms with van der Waals surface area (Å²) in [5.74, 6) is 0.473. The zero-order valence-electron chi connectivity index (χ0n) is 16.9. The summed E-state index contributed by atoms with van der Waals surface area (Å²) in [4.78, 5) is 17.9. The summed E-state index contributed by atoms with van der Waals surface area (Å²) in [6.45, 7) is 0.778. The van der Waals surface area contributed by atoms with Gasteiger partial charge in [0.15, 0.2) is 11.0 Å². The van der Waals surface area contributed by atoms with E-state index in [1.165, 1.54) is 0 Å². The monoisotopic (exact) mass is 434 g/mol. The van der Waals surface area contributed by atoms with E-state index >= 15 is 0 Å². The van der Waals surface area contributed by atoms with Gasteiger partial charge in [0.2, 0.25) is 5.88 Å². The first-order chi connectivity index (χ1) is 15.2. The van der Waals surface area contributed by atoms with E-state index in [2.05, 4.69) is 40.3 Å². The second-order valence-corrected chi connectivity index (χ2v) is 8.62. The fraction of sp³-hybridized carbons (Fsp3) is 0.348. The Hall–Kier alpha value is -2.97. The molecule has 2 aromatic heterocycles. The molecule has 0 aliphatic carbocycles. The van der Waals surface area contributed by atoms with Gasteiger partial charge in [0.05, 0.1) is 17.3 Å². The van der Waals surface area contributed by atoms with E-state index in [0.29, 0.717) is 17.9 Å². The highest BCUT2D eigenvalue weighted by Crippen LogP contribution is 2.38. The number of hydrogen-bond acceptors (Lipinski definition) is 5. The zero-order valence-corrected chi connectivity index (χ0v) is 17.7. The van der Waals surface area contributed by atoms with Crippen LogP contribution in [0.4, 0.5) is 0 Å². The summed E-state index contributed by atoms with van der Waals surface area (Å²) < 4.78 is 14.5. The Labute approximate surface area is 183 Å². The number of ether oxygens (including phenoxy) is 2. The van der Waals surface area contributed by atoms with Crippen molar-refractivity contribution in [3.63, 3.8) is 0 Å². The first-order valence-electron chi connectivity index (χ1n) is 10.7. The maximum Gasteiger partial charge on any atom is 0.258 e. The van der Waals surface area contributed by atoms with Crippen LogP contribution in [-0.2, 0) is 11.2 Å². The van der Waals surface area contributed by atoms with Gasteiger partial charge < -0.3 is 14.5 Å². The predicted molar refractivity (Wildman–Crippen MR) is 120 cm³/mol. The quantitative estimate of drug-likeness (QED) is 0.447. The average Bonchev–Trinajstić information content (AvgIpc) is 3.23. The van der Waals surface area contributed by atoms with Gasteiger partial charge in [0.25, 0.3) is 5.56 Å². The van der Waals surface area contributed by atoms with E-state index in [1.54, 1.807) is 0 Å². The van der Waals surface area contributed by atoms with Crippen LogP contribution in [0.15, 0.2) is 41.3 Å². The summed E-state index contributed by atoms with van der Waals surface area (Å²) in [5, 5.41) is 8.07. The smallest absolute Gasteiger partial charge is 0.258 e. The van der Waals surface area contributed by atoms with Gasteiger partial charge in [-0.05, 0) is 61.2 Å². The molecule has 31 heavy (non-hydrogen) atoms. The van der Waals surface area contributed by atoms with Crippen LogP contribution in [0, 0.1) is 4.77 Å². The van der Waals surface area contributed by atoms with Crippen molar-refractivity contribution in [2.75, 3.05) is 6.61 Å². The maximum absolute atomic E-state index is 12.2. The SMILES string of the molecule is O=c1[nH]c(=S)[nH]c2c1CCC(c1cccc3ccc4c(cnn4C4CCCCO4)c13)O2. The van der Waals surface area contributed by atoms with Crippen molar-refractivity contribution in [1.82, 2.24) is 19.7 Å². The molecule has 0 saturated carbocycles. The number of fused-ring (bicyclic) bond motifs is 4. The lowest BCUT2D eigenvalue weighted by molar-refractivity contribution is -0.0366. The molecular weight excluding hydrogens is 412 g/mol. The molecule has 6 rings (SSSR count). The molecule has 2 aliphatic rings. The second-order valence-electron chi connectivity index (χ2n) is 8.22. The van der Waals surface area contributed by atoms with Crippen LogP contribution in [0.1, 0.15) is 49.1 Å². The van der Waals surface area contributed by atoms with Gasteiger partial charge >= 0.3 is 0 Å². The standard InChI is InChI=1S/C23H22N4O3S/c28-21-15-8-10-18(30-22(15)26-23(31)25-21)14-5-3-4-13-7-9-17-16(20(13)14)12-24-27(17)19-6-1-2-11-29-19/h3-5,7,9,12,18-19H,1-2,6,8,10-11H2,(H2,25,26,28,31). The number of nitrogens with zero attached hydrogens (tertiary/aromatic N) is 2. The zero-order chi connectivity index (χ0) is 20.9. The Balaban J connectivity index is 1.48. The number of hydrogen-bond donors (Lipinski definition) is 2. The number of aromatic amines is 2. The van der Waals surface area contributed by atoms with Crippen molar-refractivity contribution in [2.45, 2.75) is 44.4 Å². The van der Waals surface area contributed by atoms with Crippen LogP contribution >= 0.6 is 12.2 Å². The van der Waals surface area contributed by atoms with E-state index in [4.69, 9.17) is 26.8 Å². The Morgan fingerprint density at radius 1 is 1.13 bits per heavy atom. The molecule has 8 heteroatoms. The first-order valence-corrected chi connectivity index (χ1v) is 11.1. The number of rotatable bonds is 2. The lowest BCUT2D eigenvalue weighted by Crippen LogP contribution is -2.24. The molecule has 0 bridgehead atoms. The average molecular weight is 435 g/mol. The highest BCUT2D eigenvalue weighted by molar-refractivity contribution is 7.71. The van der Waals surface area contributed by atoms with Gasteiger partial charge in [-0.3, -0.25) is 9.78 Å². The minimum Gasteiger partial charge on any atom is -0.470 e. The minimum absolute atomic E-state index is 0.0135. The van der Waals surface area contributed by atoms with E-state index in [-0.39, 0.29) is 22.7 Å². The highest BCUT2D eigenvalue weighted by Gasteiger charge is 2.27. The summed E-state index contributed by atoms with van der Waals surface area (Å²) in [6, 6.07) is 10.5. The molecule has 4 heterocycles. The summed E-state index contributed by atoms with van der Waals surface area (Å²) in [7, 11) is 0. The van der Waals surface area contributed by atoms with Crippen LogP contribution in [0.5, 0.6) is 5.88 Å². The van der Waals surface area contributed by atoms with E-state index in [1.807, 2.05) is 10.9 Å². The van der Waals surface area contributed by atoms with Gasteiger partial charge in [0.1, 0.15) is 6.10 Å². The van der Waals surface area contributed by atoms with Crippen LogP contribution < -0.4 is 10.3 Å². The second kappa shape index (κ2) is 7.32. The molecule has 2 N–H and O–H groups in total. The highest BCUT2D eigenvalue weighted by atomic mass is 32.1. The van der Waals surface area contributed by atoms with Crippen LogP contribution in [0.25, 0.3) is 21.7 Å². The van der Waals surface area contributed by atoms with E-state index in [9.17, 15) is 4.79 Å². The number of benzene rings is 2. The third-order valence-corrected chi connectivity index (χ3v) is 6.55. The molecule has 158 valence electrons. The molecule has 2 aromatic carbocycles. The van der Waals surface area contributed by atoms with Crippen molar-refractivity contribution in [3.8, 4) is 5.88 Å². The number of nitrogens with one attached hydrogen (secondary N) is 2. The van der Waals surface area contributed by atoms with Gasteiger partial charge in [0, 0.05) is 17.6 Å². The number of H-pyrrole nitrogens is 2. The van der Waals surface area contributed by atoms with Crippen molar-refractivity contribution >= 4 is 33.9 Å². The van der Waals surface area contributed by atoms with E-state index < -0.39 is 0 Å². The topological polar surface area (TPSA) is 84.9 Å². The lowest BCUT2D eigenvalue weighted by Gasteiger charge is -2.26. The third-order valence-electron chi connectivity index (χ3n) is 6.35. The molecule has 1 fully saturated rings. The van der Waals surface area contributed by atoms with Crippen molar-refractivity contribution < 1.29 is 9.47 Å². The lowest BCUT2D eigenvalue weighted by atomic mass is 9.93. The molecule has 7 nitrogen and oxygen atoms in total. The Morgan fingerprint density at radius 3 is 2.94 bits per heavy atom. The Morgan fingerprint density at radius 2 is 2.06 bits per heavy atom. The van der Waals surface area contributed by atoms with Gasteiger partial charge in [-0.15, -0.1) is 0 Å². The fourth-order valence-electron chi connectivity index (χ4n) is 4.87. The maximum atomic E-state index is 12.2. The largest absolute Gasteiger partial charge is 0.470 e. The van der Waals surface area contributed by atoms with Crippen molar-refractivity contribution in [2.24, 2.45) is 0 Å². The van der Waals surface area contributed by atoms with Gasteiger partial charge in [-0.25, -0.2) is 4.68 Å². The third kappa shape index (κ3) is 3.09. The molecule has 4 aromatic rings. The molecule has 2 aliphatic heterocycles. The molecule has 1 saturated heterocycles. The van der Waals surface area contributed by atoms with E-state index in [0.717, 1.165) is 59.5 Å². The van der Waals surface area contributed by atoms with Crippen molar-refractivity contribution in [3.05, 3.63) is 62.8 Å². The van der Waals surface area contributed by atoms with Crippen LogP contribution in [-0.4, -0.2) is 26.4 Å². The molecule has 0 spiro atoms. The number of aromatic nitrogens is 4. The minimum atomic E-state index is -0.177.